The van der Waals surface area contributed by atoms with Crippen LogP contribution in [-0.2, 0) is 54.4 Å². The average Bonchev–Trinajstić information content (AvgIpc) is 1.68. The van der Waals surface area contributed by atoms with E-state index in [1.165, 1.54) is 20.8 Å². The minimum atomic E-state index is -1.54. The maximum absolute atomic E-state index is 14.7. The molecule has 0 radical (unpaired) electrons. The third-order valence-corrected chi connectivity index (χ3v) is 14.1. The summed E-state index contributed by atoms with van der Waals surface area (Å²) >= 11 is 0. The van der Waals surface area contributed by atoms with Gasteiger partial charge >= 0.3 is 0 Å². The Morgan fingerprint density at radius 3 is 1.07 bits per heavy atom. The number of H-pyrrole nitrogens is 1. The van der Waals surface area contributed by atoms with Crippen molar-refractivity contribution in [1.29, 1.82) is 0 Å². The molecule has 92 heavy (non-hydrogen) atoms. The summed E-state index contributed by atoms with van der Waals surface area (Å²) in [5.74, 6) is -9.41. The third-order valence-electron chi connectivity index (χ3n) is 14.1. The SMILES string of the molecule is CC(=O)N[C@@H](C)C(=O)N[C@@H](Cc1c[nH]c2ccccc12)C(=O)N[C@@H](CCCN=C(N)N)C(=O)N[C@@H](CCCN=C(N)N)C(=O)N[C@@H](CCCN=C(N)N)C(=O)N[C@@H](CCCCN)C(=O)N[C@@H](CCCCN)C(=O)N[C@@H](CCCN=C(N)N)C(=O)N[C@H](C(N)=O)[C@@H](C)O. The van der Waals surface area contributed by atoms with Gasteiger partial charge in [0.05, 0.1) is 6.10 Å². The Labute approximate surface area is 534 Å². The van der Waals surface area contributed by atoms with Crippen LogP contribution in [0.3, 0.4) is 0 Å². The summed E-state index contributed by atoms with van der Waals surface area (Å²) in [6.45, 7) is 4.29. The lowest BCUT2D eigenvalue weighted by Gasteiger charge is -2.28. The maximum atomic E-state index is 14.7. The predicted octanol–water partition coefficient (Wildman–Crippen LogP) is -7.55. The van der Waals surface area contributed by atoms with Crippen molar-refractivity contribution in [2.75, 3.05) is 39.3 Å². The van der Waals surface area contributed by atoms with Crippen LogP contribution in [0, 0.1) is 0 Å². The molecule has 36 nitrogen and oxygen atoms in total. The van der Waals surface area contributed by atoms with Crippen LogP contribution in [-0.4, -0.2) is 193 Å². The second-order valence-corrected chi connectivity index (χ2v) is 21.9. The quantitative estimate of drug-likeness (QED) is 0.0166. The Morgan fingerprint density at radius 1 is 0.435 bits per heavy atom. The van der Waals surface area contributed by atoms with Crippen molar-refractivity contribution in [3.05, 3.63) is 36.0 Å². The number of guanidine groups is 4. The van der Waals surface area contributed by atoms with E-state index >= 15 is 0 Å². The Hall–Kier alpha value is -9.58. The van der Waals surface area contributed by atoms with E-state index in [9.17, 15) is 53.1 Å². The van der Waals surface area contributed by atoms with Crippen LogP contribution in [0.15, 0.2) is 50.4 Å². The highest BCUT2D eigenvalue weighted by Crippen LogP contribution is 2.20. The monoisotopic (exact) mass is 1300 g/mol. The molecule has 1 aromatic carbocycles. The summed E-state index contributed by atoms with van der Waals surface area (Å²) in [5.41, 5.74) is 62.9. The largest absolute Gasteiger partial charge is 0.391 e. The van der Waals surface area contributed by atoms with E-state index in [4.69, 9.17) is 63.1 Å². The van der Waals surface area contributed by atoms with E-state index in [1.807, 2.05) is 18.2 Å². The number of aliphatic hydroxyl groups is 1. The number of amides is 10. The number of fused-ring (bicyclic) bond motifs is 1. The number of primary amides is 1. The van der Waals surface area contributed by atoms with Crippen molar-refractivity contribution in [2.45, 2.75) is 178 Å². The Bertz CT molecular complexity index is 2850. The minimum absolute atomic E-state index is 0.00569. The smallest absolute Gasteiger partial charge is 0.243 e. The topological polar surface area (TPSA) is 651 Å². The van der Waals surface area contributed by atoms with Crippen LogP contribution in [0.4, 0.5) is 0 Å². The number of aromatic amines is 1. The average molecular weight is 1300 g/mol. The number of carbonyl (C=O) groups excluding carboxylic acids is 10. The second-order valence-electron chi connectivity index (χ2n) is 21.9. The molecule has 0 bridgehead atoms. The van der Waals surface area contributed by atoms with Crippen LogP contribution < -0.4 is 111 Å². The van der Waals surface area contributed by atoms with E-state index in [0.29, 0.717) is 24.8 Å². The molecule has 1 aromatic heterocycles. The van der Waals surface area contributed by atoms with Crippen molar-refractivity contribution in [2.24, 2.45) is 83.0 Å². The molecule has 10 amide bonds. The van der Waals surface area contributed by atoms with Crippen LogP contribution in [0.25, 0.3) is 10.9 Å². The molecule has 0 aliphatic rings. The number of benzene rings is 1. The number of hydrogen-bond acceptors (Lipinski definition) is 17. The van der Waals surface area contributed by atoms with Gasteiger partial charge in [0.15, 0.2) is 23.8 Å². The van der Waals surface area contributed by atoms with Gasteiger partial charge in [-0.25, -0.2) is 0 Å². The fourth-order valence-corrected chi connectivity index (χ4v) is 9.33. The minimum Gasteiger partial charge on any atom is -0.391 e. The lowest BCUT2D eigenvalue weighted by Crippen LogP contribution is -2.60. The number of hydrogen-bond donors (Lipinski definition) is 22. The van der Waals surface area contributed by atoms with Crippen molar-refractivity contribution >= 4 is 93.8 Å². The molecule has 0 saturated heterocycles. The number of para-hydroxylation sites is 1. The van der Waals surface area contributed by atoms with Crippen molar-refractivity contribution in [1.82, 2.24) is 52.8 Å². The highest BCUT2D eigenvalue weighted by molar-refractivity contribution is 5.99. The van der Waals surface area contributed by atoms with Gasteiger partial charge in [-0.15, -0.1) is 0 Å². The summed E-state index contributed by atoms with van der Waals surface area (Å²) in [6, 6.07) is -5.25. The molecular weight excluding hydrogens is 1200 g/mol. The lowest BCUT2D eigenvalue weighted by atomic mass is 10.0. The molecule has 2 rings (SSSR count). The van der Waals surface area contributed by atoms with Gasteiger partial charge in [0.2, 0.25) is 59.1 Å². The number of nitrogens with two attached hydrogens (primary N) is 11. The second kappa shape index (κ2) is 42.4. The van der Waals surface area contributed by atoms with Gasteiger partial charge in [0.25, 0.3) is 0 Å². The molecular formula is C56H99N25O11. The summed E-state index contributed by atoms with van der Waals surface area (Å²) in [6.07, 6.45) is 1.37. The first-order valence-corrected chi connectivity index (χ1v) is 30.4. The van der Waals surface area contributed by atoms with Gasteiger partial charge in [-0.3, -0.25) is 67.9 Å². The van der Waals surface area contributed by atoms with E-state index in [2.05, 4.69) is 72.8 Å². The first-order valence-electron chi connectivity index (χ1n) is 30.4. The molecule has 36 heteroatoms. The van der Waals surface area contributed by atoms with Gasteiger partial charge in [0, 0.05) is 56.6 Å². The number of aliphatic hydroxyl groups excluding tert-OH is 1. The normalized spacial score (nSPS) is 14.2. The molecule has 0 saturated carbocycles. The summed E-state index contributed by atoms with van der Waals surface area (Å²) in [5, 5.41) is 34.6. The van der Waals surface area contributed by atoms with Crippen LogP contribution in [0.1, 0.15) is 116 Å². The van der Waals surface area contributed by atoms with E-state index in [0.717, 1.165) is 10.9 Å². The lowest BCUT2D eigenvalue weighted by molar-refractivity contribution is -0.136. The van der Waals surface area contributed by atoms with Crippen molar-refractivity contribution < 1.29 is 53.1 Å². The number of nitrogens with one attached hydrogen (secondary N) is 10. The van der Waals surface area contributed by atoms with Gasteiger partial charge in [-0.1, -0.05) is 18.2 Å². The Morgan fingerprint density at radius 2 is 0.750 bits per heavy atom. The molecule has 10 atom stereocenters. The van der Waals surface area contributed by atoms with Gasteiger partial charge in [-0.2, -0.15) is 0 Å². The first kappa shape index (κ1) is 78.5. The standard InChI is InChI=1S/C56H99N25O11/c1-30(73-32(3)83)45(85)80-42(28-33-29-72-35-15-5-4-14-34(33)35)52(92)79-40(20-12-26-70-55(64)65)50(90)77-39(19-11-25-69-54(62)63)49(89)76-38(18-10-24-68-53(60)61)48(88)75-36(16-6-8-22-57)46(86)74-37(17-7-9-23-58)47(87)78-41(21-13-27-71-56(66)67)51(91)81-43(31(2)82)44(59)84/h4-5,14-15,29-31,36-43,72,82H,6-13,16-28,57-58H2,1-3H3,(H2,59,84)(H,73,83)(H,74,86)(H,75,88)(H,76,89)(H,77,90)(H,78,87)(H,79,92)(H,80,85)(H,81,91)(H4,60,61,68)(H4,62,63,69)(H4,64,65,70)(H4,66,67,71)/t30-,31+,36-,37-,38-,39-,40-,41-,42-,43-/m0/s1. The number of nitrogens with zero attached hydrogens (tertiary/aromatic N) is 4. The molecule has 514 valence electrons. The highest BCUT2D eigenvalue weighted by Gasteiger charge is 2.36. The summed E-state index contributed by atoms with van der Waals surface area (Å²) in [7, 11) is 0. The number of aliphatic imine (C=N–C) groups is 4. The Balaban J connectivity index is 2.67. The highest BCUT2D eigenvalue weighted by atomic mass is 16.3. The van der Waals surface area contributed by atoms with E-state index < -0.39 is 120 Å². The van der Waals surface area contributed by atoms with Crippen LogP contribution in [0.5, 0.6) is 0 Å². The molecule has 0 spiro atoms. The molecule has 1 heterocycles. The molecule has 0 fully saturated rings. The summed E-state index contributed by atoms with van der Waals surface area (Å²) < 4.78 is 0. The van der Waals surface area contributed by atoms with Crippen molar-refractivity contribution in [3.63, 3.8) is 0 Å². The zero-order valence-corrected chi connectivity index (χ0v) is 52.7. The predicted molar refractivity (Wildman–Crippen MR) is 347 cm³/mol. The number of aromatic nitrogens is 1. The molecule has 2 aromatic rings. The maximum Gasteiger partial charge on any atom is 0.243 e. The number of unbranched alkanes of at least 4 members (excludes halogenated alkanes) is 2. The van der Waals surface area contributed by atoms with E-state index in [1.54, 1.807) is 12.3 Å². The van der Waals surface area contributed by atoms with Crippen LogP contribution >= 0.6 is 0 Å². The number of carbonyl (C=O) groups is 10. The van der Waals surface area contributed by atoms with Gasteiger partial charge in [-0.05, 0) is 128 Å². The zero-order chi connectivity index (χ0) is 68.9. The fraction of sp³-hybridized carbons (Fsp3) is 0.607. The summed E-state index contributed by atoms with van der Waals surface area (Å²) in [4.78, 5) is 158. The zero-order valence-electron chi connectivity index (χ0n) is 52.7. The van der Waals surface area contributed by atoms with Gasteiger partial charge < -0.3 is 121 Å². The molecule has 0 unspecified atom stereocenters. The van der Waals surface area contributed by atoms with E-state index in [-0.39, 0.29) is 140 Å². The molecule has 33 N–H and O–H groups in total. The number of rotatable bonds is 45. The fourth-order valence-electron chi connectivity index (χ4n) is 9.33. The first-order chi connectivity index (χ1) is 43.6. The molecule has 0 aliphatic carbocycles. The van der Waals surface area contributed by atoms with Gasteiger partial charge in [0.1, 0.15) is 54.4 Å². The molecule has 0 aliphatic heterocycles. The third kappa shape index (κ3) is 30.8. The Kier molecular flexibility index (Phi) is 36.2. The van der Waals surface area contributed by atoms with Crippen LogP contribution in [0.2, 0.25) is 0 Å². The van der Waals surface area contributed by atoms with Crippen molar-refractivity contribution in [3.8, 4) is 0 Å².